The molecule has 1 aromatic rings. The molecule has 0 radical (unpaired) electrons. The zero-order valence-electron chi connectivity index (χ0n) is 8.19. The van der Waals surface area contributed by atoms with E-state index in [1.165, 1.54) is 36.8 Å². The summed E-state index contributed by atoms with van der Waals surface area (Å²) in [6, 6.07) is 2.71. The Morgan fingerprint density at radius 3 is 3.00 bits per heavy atom. The molecule has 1 aliphatic heterocycles. The van der Waals surface area contributed by atoms with Gasteiger partial charge in [0.25, 0.3) is 0 Å². The molecule has 3 rings (SSSR count). The number of aryl methyl sites for hydroxylation is 1. The first-order valence-electron chi connectivity index (χ1n) is 5.39. The molecule has 0 aromatic carbocycles. The molecule has 1 atom stereocenters. The van der Waals surface area contributed by atoms with E-state index in [0.29, 0.717) is 6.04 Å². The fourth-order valence-corrected chi connectivity index (χ4v) is 2.17. The number of hydrogen-bond donors (Lipinski definition) is 0. The molecule has 2 nitrogen and oxygen atoms in total. The molecular weight excluding hydrogens is 172 g/mol. The summed E-state index contributed by atoms with van der Waals surface area (Å²) in [4.78, 5) is 8.80. The van der Waals surface area contributed by atoms with Crippen LogP contribution in [0.15, 0.2) is 23.5 Å². The van der Waals surface area contributed by atoms with Crippen LogP contribution in [0.1, 0.15) is 30.4 Å². The standard InChI is InChI=1S/C12H14N2/c1-2-10(1)12-4-3-9-5-6-13-7-11(9)8-14-12/h5-8,10,12H,1-4H2. The van der Waals surface area contributed by atoms with Crippen molar-refractivity contribution in [1.29, 1.82) is 0 Å². The highest BCUT2D eigenvalue weighted by Gasteiger charge is 2.31. The molecular formula is C12H14N2. The zero-order chi connectivity index (χ0) is 9.38. The van der Waals surface area contributed by atoms with Gasteiger partial charge in [-0.1, -0.05) is 0 Å². The first kappa shape index (κ1) is 8.16. The highest BCUT2D eigenvalue weighted by Crippen LogP contribution is 2.37. The molecule has 1 saturated carbocycles. The number of rotatable bonds is 1. The lowest BCUT2D eigenvalue weighted by Gasteiger charge is -2.07. The van der Waals surface area contributed by atoms with Gasteiger partial charge in [-0.25, -0.2) is 0 Å². The maximum atomic E-state index is 4.66. The molecule has 2 heterocycles. The highest BCUT2D eigenvalue weighted by molar-refractivity contribution is 5.81. The van der Waals surface area contributed by atoms with Crippen molar-refractivity contribution in [2.45, 2.75) is 31.7 Å². The third-order valence-corrected chi connectivity index (χ3v) is 3.23. The van der Waals surface area contributed by atoms with Gasteiger partial charge in [0.05, 0.1) is 6.04 Å². The predicted octanol–water partition coefficient (Wildman–Crippen LogP) is 2.23. The summed E-state index contributed by atoms with van der Waals surface area (Å²) in [5, 5.41) is 0. The van der Waals surface area contributed by atoms with E-state index in [4.69, 9.17) is 0 Å². The first-order valence-corrected chi connectivity index (χ1v) is 5.39. The van der Waals surface area contributed by atoms with E-state index in [1.54, 1.807) is 0 Å². The molecule has 2 aliphatic rings. The van der Waals surface area contributed by atoms with Crippen molar-refractivity contribution >= 4 is 6.21 Å². The van der Waals surface area contributed by atoms with Crippen molar-refractivity contribution in [3.8, 4) is 0 Å². The van der Waals surface area contributed by atoms with Crippen LogP contribution in [0.5, 0.6) is 0 Å². The minimum Gasteiger partial charge on any atom is -0.289 e. The Bertz CT molecular complexity index is 366. The third-order valence-electron chi connectivity index (χ3n) is 3.23. The van der Waals surface area contributed by atoms with Crippen LogP contribution in [0.3, 0.4) is 0 Å². The van der Waals surface area contributed by atoms with E-state index in [0.717, 1.165) is 5.92 Å². The van der Waals surface area contributed by atoms with Crippen LogP contribution >= 0.6 is 0 Å². The average Bonchev–Trinajstić information content (AvgIpc) is 3.03. The molecule has 1 unspecified atom stereocenters. The van der Waals surface area contributed by atoms with Gasteiger partial charge in [-0.3, -0.25) is 9.98 Å². The lowest BCUT2D eigenvalue weighted by atomic mass is 10.0. The van der Waals surface area contributed by atoms with E-state index in [9.17, 15) is 0 Å². The number of pyridine rings is 1. The van der Waals surface area contributed by atoms with Crippen molar-refractivity contribution in [3.05, 3.63) is 29.6 Å². The minimum absolute atomic E-state index is 0.586. The van der Waals surface area contributed by atoms with Gasteiger partial charge in [0.1, 0.15) is 0 Å². The van der Waals surface area contributed by atoms with Gasteiger partial charge in [-0.2, -0.15) is 0 Å². The second-order valence-corrected chi connectivity index (χ2v) is 4.30. The van der Waals surface area contributed by atoms with Gasteiger partial charge in [-0.05, 0) is 43.2 Å². The molecule has 14 heavy (non-hydrogen) atoms. The molecule has 2 heteroatoms. The van der Waals surface area contributed by atoms with Crippen molar-refractivity contribution in [3.63, 3.8) is 0 Å². The molecule has 1 aromatic heterocycles. The quantitative estimate of drug-likeness (QED) is 0.660. The van der Waals surface area contributed by atoms with Crippen molar-refractivity contribution in [1.82, 2.24) is 4.98 Å². The first-order chi connectivity index (χ1) is 6.93. The van der Waals surface area contributed by atoms with Crippen LogP contribution in [-0.4, -0.2) is 17.2 Å². The summed E-state index contributed by atoms with van der Waals surface area (Å²) >= 11 is 0. The van der Waals surface area contributed by atoms with Crippen LogP contribution in [0, 0.1) is 5.92 Å². The number of aromatic nitrogens is 1. The van der Waals surface area contributed by atoms with E-state index in [1.807, 2.05) is 18.6 Å². The Morgan fingerprint density at radius 1 is 1.21 bits per heavy atom. The monoisotopic (exact) mass is 186 g/mol. The van der Waals surface area contributed by atoms with Gasteiger partial charge < -0.3 is 0 Å². The largest absolute Gasteiger partial charge is 0.289 e. The van der Waals surface area contributed by atoms with Crippen LogP contribution in [-0.2, 0) is 6.42 Å². The Kier molecular flexibility index (Phi) is 1.86. The van der Waals surface area contributed by atoms with Gasteiger partial charge in [0.2, 0.25) is 0 Å². The summed E-state index contributed by atoms with van der Waals surface area (Å²) in [6.45, 7) is 0. The molecule has 1 fully saturated rings. The maximum absolute atomic E-state index is 4.66. The molecule has 0 amide bonds. The molecule has 72 valence electrons. The lowest BCUT2D eigenvalue weighted by molar-refractivity contribution is 0.559. The van der Waals surface area contributed by atoms with E-state index >= 15 is 0 Å². The zero-order valence-corrected chi connectivity index (χ0v) is 8.19. The van der Waals surface area contributed by atoms with Crippen LogP contribution in [0.2, 0.25) is 0 Å². The van der Waals surface area contributed by atoms with Gasteiger partial charge in [0.15, 0.2) is 0 Å². The van der Waals surface area contributed by atoms with Gasteiger partial charge in [0, 0.05) is 24.2 Å². The summed E-state index contributed by atoms with van der Waals surface area (Å²) in [6.07, 6.45) is 11.0. The van der Waals surface area contributed by atoms with Crippen molar-refractivity contribution in [2.24, 2.45) is 10.9 Å². The van der Waals surface area contributed by atoms with Crippen molar-refractivity contribution < 1.29 is 0 Å². The Labute approximate surface area is 84.1 Å². The fourth-order valence-electron chi connectivity index (χ4n) is 2.17. The SMILES string of the molecule is C1=NC(C2CC2)CCc2ccncc21. The highest BCUT2D eigenvalue weighted by atomic mass is 14.8. The minimum atomic E-state index is 0.586. The Morgan fingerprint density at radius 2 is 2.14 bits per heavy atom. The van der Waals surface area contributed by atoms with Crippen LogP contribution < -0.4 is 0 Å². The van der Waals surface area contributed by atoms with Gasteiger partial charge >= 0.3 is 0 Å². The lowest BCUT2D eigenvalue weighted by Crippen LogP contribution is -2.06. The maximum Gasteiger partial charge on any atom is 0.0531 e. The molecule has 1 aliphatic carbocycles. The number of nitrogens with zero attached hydrogens (tertiary/aromatic N) is 2. The smallest absolute Gasteiger partial charge is 0.0531 e. The molecule has 0 bridgehead atoms. The number of aliphatic imine (C=N–C) groups is 1. The van der Waals surface area contributed by atoms with E-state index in [-0.39, 0.29) is 0 Å². The Hall–Kier alpha value is -1.18. The topological polar surface area (TPSA) is 25.2 Å². The number of fused-ring (bicyclic) bond motifs is 1. The normalized spacial score (nSPS) is 25.6. The second kappa shape index (κ2) is 3.19. The van der Waals surface area contributed by atoms with Crippen LogP contribution in [0.4, 0.5) is 0 Å². The summed E-state index contributed by atoms with van der Waals surface area (Å²) < 4.78 is 0. The van der Waals surface area contributed by atoms with Crippen molar-refractivity contribution in [2.75, 3.05) is 0 Å². The van der Waals surface area contributed by atoms with E-state index < -0.39 is 0 Å². The van der Waals surface area contributed by atoms with Gasteiger partial charge in [-0.15, -0.1) is 0 Å². The summed E-state index contributed by atoms with van der Waals surface area (Å²) in [5.74, 6) is 0.883. The Balaban J connectivity index is 1.88. The molecule has 0 spiro atoms. The summed E-state index contributed by atoms with van der Waals surface area (Å²) in [5.41, 5.74) is 2.63. The summed E-state index contributed by atoms with van der Waals surface area (Å²) in [7, 11) is 0. The van der Waals surface area contributed by atoms with E-state index in [2.05, 4.69) is 16.0 Å². The average molecular weight is 186 g/mol. The predicted molar refractivity (Wildman–Crippen MR) is 56.7 cm³/mol. The second-order valence-electron chi connectivity index (χ2n) is 4.30. The number of hydrogen-bond acceptors (Lipinski definition) is 2. The molecule has 0 saturated heterocycles. The molecule has 0 N–H and O–H groups in total. The fraction of sp³-hybridized carbons (Fsp3) is 0.500. The third kappa shape index (κ3) is 1.45. The van der Waals surface area contributed by atoms with Crippen LogP contribution in [0.25, 0.3) is 0 Å².